The molecule has 5 rings (SSSR count). The summed E-state index contributed by atoms with van der Waals surface area (Å²) >= 11 is 0. The van der Waals surface area contributed by atoms with Gasteiger partial charge in [-0.15, -0.1) is 0 Å². The maximum atomic E-state index is 13.4. The van der Waals surface area contributed by atoms with Crippen molar-refractivity contribution in [1.29, 1.82) is 5.26 Å². The van der Waals surface area contributed by atoms with Crippen LogP contribution in [0.2, 0.25) is 0 Å². The van der Waals surface area contributed by atoms with Crippen molar-refractivity contribution in [2.45, 2.75) is 63.4 Å². The molecule has 2 aromatic carbocycles. The van der Waals surface area contributed by atoms with Crippen LogP contribution in [-0.4, -0.2) is 51.5 Å². The molecule has 170 valence electrons. The zero-order valence-corrected chi connectivity index (χ0v) is 18.4. The van der Waals surface area contributed by atoms with Gasteiger partial charge in [-0.1, -0.05) is 31.0 Å². The number of nitriles is 1. The van der Waals surface area contributed by atoms with E-state index in [0.717, 1.165) is 42.4 Å². The van der Waals surface area contributed by atoms with Gasteiger partial charge in [0.25, 0.3) is 0 Å². The van der Waals surface area contributed by atoms with E-state index < -0.39 is 12.1 Å². The number of aliphatic hydroxyl groups is 1. The topological polar surface area (TPSA) is 93.9 Å². The lowest BCUT2D eigenvalue weighted by Gasteiger charge is -2.48. The summed E-state index contributed by atoms with van der Waals surface area (Å²) in [6.07, 6.45) is 4.39. The molecule has 1 N–H and O–H groups in total. The van der Waals surface area contributed by atoms with Crippen LogP contribution in [0, 0.1) is 11.3 Å². The Labute approximate surface area is 193 Å². The summed E-state index contributed by atoms with van der Waals surface area (Å²) in [6, 6.07) is 14.0. The van der Waals surface area contributed by atoms with Crippen LogP contribution in [0.25, 0.3) is 0 Å². The van der Waals surface area contributed by atoms with E-state index in [9.17, 15) is 14.7 Å². The van der Waals surface area contributed by atoms with Crippen LogP contribution in [0.3, 0.4) is 0 Å². The molecule has 0 bridgehead atoms. The van der Waals surface area contributed by atoms with Crippen molar-refractivity contribution in [3.63, 3.8) is 0 Å². The molecule has 1 saturated heterocycles. The summed E-state index contributed by atoms with van der Waals surface area (Å²) < 4.78 is 5.94. The third-order valence-electron chi connectivity index (χ3n) is 7.10. The van der Waals surface area contributed by atoms with Gasteiger partial charge in [0.05, 0.1) is 18.2 Å². The van der Waals surface area contributed by atoms with Crippen molar-refractivity contribution >= 4 is 11.8 Å². The average molecular weight is 446 g/mol. The lowest BCUT2D eigenvalue weighted by Crippen LogP contribution is -2.68. The number of carbonyl (C=O) groups excluding carboxylic acids is 2. The van der Waals surface area contributed by atoms with Crippen molar-refractivity contribution in [3.8, 4) is 11.8 Å². The molecule has 3 aliphatic rings. The van der Waals surface area contributed by atoms with Crippen molar-refractivity contribution in [2.24, 2.45) is 0 Å². The van der Waals surface area contributed by atoms with E-state index in [-0.39, 0.29) is 24.5 Å². The van der Waals surface area contributed by atoms with Crippen LogP contribution >= 0.6 is 0 Å². The molecule has 1 saturated carbocycles. The van der Waals surface area contributed by atoms with Gasteiger partial charge in [-0.3, -0.25) is 9.59 Å². The maximum Gasteiger partial charge on any atom is 0.248 e. The van der Waals surface area contributed by atoms with Crippen LogP contribution in [0.1, 0.15) is 47.9 Å². The highest BCUT2D eigenvalue weighted by molar-refractivity contribution is 5.98. The minimum absolute atomic E-state index is 0.0381. The Hall–Kier alpha value is -3.37. The predicted molar refractivity (Wildman–Crippen MR) is 120 cm³/mol. The number of piperazine rings is 1. The van der Waals surface area contributed by atoms with Gasteiger partial charge in [-0.25, -0.2) is 0 Å². The fourth-order valence-corrected chi connectivity index (χ4v) is 5.42. The van der Waals surface area contributed by atoms with E-state index in [1.54, 1.807) is 21.9 Å². The molecule has 0 aromatic heterocycles. The number of nitrogens with zero attached hydrogens (tertiary/aromatic N) is 3. The molecule has 2 aromatic rings. The summed E-state index contributed by atoms with van der Waals surface area (Å²) in [7, 11) is 0. The lowest BCUT2D eigenvalue weighted by molar-refractivity contribution is -0.167. The molecule has 2 aliphatic heterocycles. The number of amides is 2. The number of benzene rings is 2. The molecular weight excluding hydrogens is 418 g/mol. The summed E-state index contributed by atoms with van der Waals surface area (Å²) in [5.74, 6) is 0.472. The molecule has 0 radical (unpaired) electrons. The van der Waals surface area contributed by atoms with Crippen LogP contribution in [0.4, 0.5) is 0 Å². The monoisotopic (exact) mass is 445 g/mol. The second kappa shape index (κ2) is 8.87. The van der Waals surface area contributed by atoms with E-state index in [4.69, 9.17) is 10.00 Å². The van der Waals surface area contributed by atoms with Crippen LogP contribution in [0.15, 0.2) is 42.5 Å². The number of rotatable bonds is 5. The normalized spacial score (nSPS) is 22.7. The second-order valence-corrected chi connectivity index (χ2v) is 9.10. The molecule has 0 unspecified atom stereocenters. The third kappa shape index (κ3) is 3.96. The molecule has 1 aliphatic carbocycles. The first kappa shape index (κ1) is 21.5. The maximum absolute atomic E-state index is 13.4. The predicted octanol–water partition coefficient (Wildman–Crippen LogP) is 2.54. The number of aliphatic hydroxyl groups excluding tert-OH is 1. The molecule has 2 fully saturated rings. The smallest absolute Gasteiger partial charge is 0.248 e. The Kier molecular flexibility index (Phi) is 5.77. The molecule has 2 amide bonds. The highest BCUT2D eigenvalue weighted by Gasteiger charge is 2.49. The van der Waals surface area contributed by atoms with Gasteiger partial charge in [0.15, 0.2) is 0 Å². The molecule has 33 heavy (non-hydrogen) atoms. The zero-order chi connectivity index (χ0) is 22.9. The SMILES string of the molecule is N#Cc1cccc(COc2ccc3c(c2)CN2C(=O)[C@@H](CO)N(C4CCCC4)C(=O)[C@H]2C3)c1. The third-order valence-corrected chi connectivity index (χ3v) is 7.10. The Morgan fingerprint density at radius 2 is 1.88 bits per heavy atom. The first-order chi connectivity index (χ1) is 16.1. The van der Waals surface area contributed by atoms with Crippen molar-refractivity contribution in [1.82, 2.24) is 9.80 Å². The van der Waals surface area contributed by atoms with E-state index in [2.05, 4.69) is 6.07 Å². The van der Waals surface area contributed by atoms with Gasteiger partial charge < -0.3 is 19.6 Å². The first-order valence-electron chi connectivity index (χ1n) is 11.6. The summed E-state index contributed by atoms with van der Waals surface area (Å²) in [5.41, 5.74) is 3.50. The standard InChI is InChI=1S/C26H27N3O4/c27-13-17-4-3-5-18(10-17)16-33-22-9-8-19-12-23-26(32)29(21-6-1-2-7-21)24(15-30)25(31)28(23)14-20(19)11-22/h3-5,8-11,21,23-24,30H,1-2,6-7,12,14-16H2/t23-,24-/m1/s1. The van der Waals surface area contributed by atoms with Gasteiger partial charge in [0.2, 0.25) is 11.8 Å². The quantitative estimate of drug-likeness (QED) is 0.763. The summed E-state index contributed by atoms with van der Waals surface area (Å²) in [6.45, 7) is 0.323. The van der Waals surface area contributed by atoms with Gasteiger partial charge >= 0.3 is 0 Å². The number of hydrogen-bond donors (Lipinski definition) is 1. The van der Waals surface area contributed by atoms with E-state index in [0.29, 0.717) is 30.9 Å². The van der Waals surface area contributed by atoms with Gasteiger partial charge in [-0.05, 0) is 53.8 Å². The minimum Gasteiger partial charge on any atom is -0.489 e. The Bertz CT molecular complexity index is 1120. The van der Waals surface area contributed by atoms with Crippen molar-refractivity contribution in [3.05, 3.63) is 64.7 Å². The Morgan fingerprint density at radius 1 is 1.06 bits per heavy atom. The minimum atomic E-state index is -0.787. The van der Waals surface area contributed by atoms with Gasteiger partial charge in [0.1, 0.15) is 24.4 Å². The first-order valence-corrected chi connectivity index (χ1v) is 11.6. The fourth-order valence-electron chi connectivity index (χ4n) is 5.42. The van der Waals surface area contributed by atoms with Crippen molar-refractivity contribution < 1.29 is 19.4 Å². The summed E-state index contributed by atoms with van der Waals surface area (Å²) in [4.78, 5) is 30.0. The largest absolute Gasteiger partial charge is 0.489 e. The van der Waals surface area contributed by atoms with Crippen LogP contribution in [-0.2, 0) is 29.2 Å². The molecule has 2 heterocycles. The molecule has 2 atom stereocenters. The number of ether oxygens (including phenoxy) is 1. The van der Waals surface area contributed by atoms with Gasteiger partial charge in [-0.2, -0.15) is 5.26 Å². The van der Waals surface area contributed by atoms with Crippen molar-refractivity contribution in [2.75, 3.05) is 6.61 Å². The number of carbonyl (C=O) groups is 2. The number of fused-ring (bicyclic) bond motifs is 2. The highest BCUT2D eigenvalue weighted by atomic mass is 16.5. The Morgan fingerprint density at radius 3 is 2.64 bits per heavy atom. The second-order valence-electron chi connectivity index (χ2n) is 9.10. The van der Waals surface area contributed by atoms with E-state index in [1.165, 1.54) is 0 Å². The lowest BCUT2D eigenvalue weighted by atomic mass is 9.89. The van der Waals surface area contributed by atoms with Crippen LogP contribution in [0.5, 0.6) is 5.75 Å². The number of hydrogen-bond acceptors (Lipinski definition) is 5. The fraction of sp³-hybridized carbons (Fsp3) is 0.423. The van der Waals surface area contributed by atoms with E-state index >= 15 is 0 Å². The molecule has 0 spiro atoms. The average Bonchev–Trinajstić information content (AvgIpc) is 3.38. The van der Waals surface area contributed by atoms with Gasteiger partial charge in [0, 0.05) is 19.0 Å². The van der Waals surface area contributed by atoms with Crippen LogP contribution < -0.4 is 4.74 Å². The highest BCUT2D eigenvalue weighted by Crippen LogP contribution is 2.35. The summed E-state index contributed by atoms with van der Waals surface area (Å²) in [5, 5.41) is 19.0. The zero-order valence-electron chi connectivity index (χ0n) is 18.4. The Balaban J connectivity index is 1.35. The van der Waals surface area contributed by atoms with E-state index in [1.807, 2.05) is 30.3 Å². The molecule has 7 heteroatoms. The molecule has 7 nitrogen and oxygen atoms in total. The molecular formula is C26H27N3O4.